The standard InChI is InChI=1S/C11H16N6O/c1-7(2)18-11-8(12)3-4-9(16-11)13-5-10-14-6-15-17-10/h3-4,6-7H,5,12H2,1-2H3,(H,13,16)(H,14,15,17). The van der Waals surface area contributed by atoms with Crippen LogP contribution in [0.2, 0.25) is 0 Å². The van der Waals surface area contributed by atoms with Gasteiger partial charge in [0.15, 0.2) is 0 Å². The number of hydrogen-bond donors (Lipinski definition) is 3. The van der Waals surface area contributed by atoms with E-state index in [1.807, 2.05) is 13.8 Å². The van der Waals surface area contributed by atoms with Crippen LogP contribution in [0.25, 0.3) is 0 Å². The molecule has 2 heterocycles. The van der Waals surface area contributed by atoms with Gasteiger partial charge in [-0.05, 0) is 26.0 Å². The van der Waals surface area contributed by atoms with E-state index in [0.717, 1.165) is 5.82 Å². The Labute approximate surface area is 105 Å². The van der Waals surface area contributed by atoms with Gasteiger partial charge in [-0.15, -0.1) is 0 Å². The lowest BCUT2D eigenvalue weighted by molar-refractivity contribution is 0.234. The van der Waals surface area contributed by atoms with Gasteiger partial charge in [-0.1, -0.05) is 0 Å². The summed E-state index contributed by atoms with van der Waals surface area (Å²) in [5, 5.41) is 9.63. The number of aromatic nitrogens is 4. The zero-order valence-corrected chi connectivity index (χ0v) is 10.3. The lowest BCUT2D eigenvalue weighted by Crippen LogP contribution is -2.10. The number of hydrogen-bond acceptors (Lipinski definition) is 6. The number of nitrogens with one attached hydrogen (secondary N) is 2. The lowest BCUT2D eigenvalue weighted by atomic mass is 10.4. The van der Waals surface area contributed by atoms with Crippen molar-refractivity contribution >= 4 is 11.5 Å². The van der Waals surface area contributed by atoms with Gasteiger partial charge in [-0.2, -0.15) is 10.1 Å². The van der Waals surface area contributed by atoms with Crippen molar-refractivity contribution in [2.24, 2.45) is 0 Å². The van der Waals surface area contributed by atoms with Gasteiger partial charge in [-0.3, -0.25) is 5.10 Å². The van der Waals surface area contributed by atoms with Crippen molar-refractivity contribution in [2.75, 3.05) is 11.1 Å². The molecule has 0 aromatic carbocycles. The number of rotatable bonds is 5. The molecular formula is C11H16N6O. The minimum atomic E-state index is 0.0318. The highest BCUT2D eigenvalue weighted by molar-refractivity contribution is 5.53. The Bertz CT molecular complexity index is 496. The second-order valence-corrected chi connectivity index (χ2v) is 4.04. The summed E-state index contributed by atoms with van der Waals surface area (Å²) in [6.07, 6.45) is 1.49. The molecule has 96 valence electrons. The Kier molecular flexibility index (Phi) is 3.61. The summed E-state index contributed by atoms with van der Waals surface area (Å²) in [4.78, 5) is 8.30. The van der Waals surface area contributed by atoms with Gasteiger partial charge in [0.05, 0.1) is 18.3 Å². The summed E-state index contributed by atoms with van der Waals surface area (Å²) in [6, 6.07) is 3.55. The van der Waals surface area contributed by atoms with E-state index >= 15 is 0 Å². The van der Waals surface area contributed by atoms with E-state index in [1.54, 1.807) is 12.1 Å². The van der Waals surface area contributed by atoms with Crippen LogP contribution in [-0.4, -0.2) is 26.3 Å². The number of ether oxygens (including phenoxy) is 1. The van der Waals surface area contributed by atoms with Crippen molar-refractivity contribution in [3.63, 3.8) is 0 Å². The first kappa shape index (κ1) is 12.2. The van der Waals surface area contributed by atoms with E-state index in [0.29, 0.717) is 23.9 Å². The number of anilines is 2. The SMILES string of the molecule is CC(C)Oc1nc(NCc2ncn[nH]2)ccc1N. The minimum absolute atomic E-state index is 0.0318. The molecule has 7 nitrogen and oxygen atoms in total. The molecule has 0 saturated carbocycles. The third-order valence-corrected chi connectivity index (χ3v) is 2.14. The van der Waals surface area contributed by atoms with E-state index in [4.69, 9.17) is 10.5 Å². The number of nitrogens with zero attached hydrogens (tertiary/aromatic N) is 3. The summed E-state index contributed by atoms with van der Waals surface area (Å²) in [5.74, 6) is 1.85. The molecule has 0 aliphatic rings. The summed E-state index contributed by atoms with van der Waals surface area (Å²) in [7, 11) is 0. The van der Waals surface area contributed by atoms with E-state index < -0.39 is 0 Å². The molecule has 2 rings (SSSR count). The number of pyridine rings is 1. The molecule has 0 saturated heterocycles. The Morgan fingerprint density at radius 3 is 2.94 bits per heavy atom. The van der Waals surface area contributed by atoms with Crippen LogP contribution in [0.3, 0.4) is 0 Å². The van der Waals surface area contributed by atoms with E-state index in [2.05, 4.69) is 25.5 Å². The number of nitrogen functional groups attached to an aromatic ring is 1. The van der Waals surface area contributed by atoms with Crippen LogP contribution in [0.1, 0.15) is 19.7 Å². The Hall–Kier alpha value is -2.31. The van der Waals surface area contributed by atoms with Gasteiger partial charge >= 0.3 is 0 Å². The Morgan fingerprint density at radius 2 is 2.28 bits per heavy atom. The fraction of sp³-hybridized carbons (Fsp3) is 0.364. The summed E-state index contributed by atoms with van der Waals surface area (Å²) >= 11 is 0. The molecule has 2 aromatic heterocycles. The molecule has 4 N–H and O–H groups in total. The van der Waals surface area contributed by atoms with Gasteiger partial charge in [0.2, 0.25) is 5.88 Å². The summed E-state index contributed by atoms with van der Waals surface area (Å²) in [5.41, 5.74) is 6.31. The molecule has 0 fully saturated rings. The maximum atomic E-state index is 5.78. The van der Waals surface area contributed by atoms with Crippen molar-refractivity contribution < 1.29 is 4.74 Å². The average molecular weight is 248 g/mol. The van der Waals surface area contributed by atoms with Gasteiger partial charge < -0.3 is 15.8 Å². The molecule has 0 unspecified atom stereocenters. The average Bonchev–Trinajstić information content (AvgIpc) is 2.82. The normalized spacial score (nSPS) is 10.6. The second-order valence-electron chi connectivity index (χ2n) is 4.04. The molecular weight excluding hydrogens is 232 g/mol. The van der Waals surface area contributed by atoms with Crippen LogP contribution >= 0.6 is 0 Å². The van der Waals surface area contributed by atoms with Crippen LogP contribution in [0.5, 0.6) is 5.88 Å². The monoisotopic (exact) mass is 248 g/mol. The summed E-state index contributed by atoms with van der Waals surface area (Å²) < 4.78 is 5.51. The highest BCUT2D eigenvalue weighted by Crippen LogP contribution is 2.22. The number of nitrogens with two attached hydrogens (primary N) is 1. The number of H-pyrrole nitrogens is 1. The molecule has 0 radical (unpaired) electrons. The van der Waals surface area contributed by atoms with Crippen LogP contribution in [0, 0.1) is 0 Å². The predicted molar refractivity (Wildman–Crippen MR) is 68.1 cm³/mol. The molecule has 0 aliphatic carbocycles. The Balaban J connectivity index is 2.04. The minimum Gasteiger partial charge on any atom is -0.473 e. The molecule has 0 atom stereocenters. The van der Waals surface area contributed by atoms with Gasteiger partial charge in [0.1, 0.15) is 18.0 Å². The first-order valence-electron chi connectivity index (χ1n) is 5.66. The van der Waals surface area contributed by atoms with Gasteiger partial charge in [0, 0.05) is 0 Å². The van der Waals surface area contributed by atoms with E-state index in [1.165, 1.54) is 6.33 Å². The number of aromatic amines is 1. The van der Waals surface area contributed by atoms with Crippen molar-refractivity contribution in [3.05, 3.63) is 24.3 Å². The highest BCUT2D eigenvalue weighted by Gasteiger charge is 2.06. The smallest absolute Gasteiger partial charge is 0.239 e. The fourth-order valence-corrected chi connectivity index (χ4v) is 1.36. The lowest BCUT2D eigenvalue weighted by Gasteiger charge is -2.12. The third-order valence-electron chi connectivity index (χ3n) is 2.14. The molecule has 7 heteroatoms. The van der Waals surface area contributed by atoms with Crippen LogP contribution in [-0.2, 0) is 6.54 Å². The molecule has 18 heavy (non-hydrogen) atoms. The highest BCUT2D eigenvalue weighted by atomic mass is 16.5. The van der Waals surface area contributed by atoms with Crippen LogP contribution in [0.15, 0.2) is 18.5 Å². The van der Waals surface area contributed by atoms with Gasteiger partial charge in [0.25, 0.3) is 0 Å². The molecule has 0 aliphatic heterocycles. The van der Waals surface area contributed by atoms with Crippen molar-refractivity contribution in [1.29, 1.82) is 0 Å². The predicted octanol–water partition coefficient (Wildman–Crippen LogP) is 1.18. The zero-order valence-electron chi connectivity index (χ0n) is 10.3. The van der Waals surface area contributed by atoms with Crippen molar-refractivity contribution in [3.8, 4) is 5.88 Å². The zero-order chi connectivity index (χ0) is 13.0. The first-order chi connectivity index (χ1) is 8.65. The van der Waals surface area contributed by atoms with Gasteiger partial charge in [-0.25, -0.2) is 4.98 Å². The second kappa shape index (κ2) is 5.35. The van der Waals surface area contributed by atoms with E-state index in [9.17, 15) is 0 Å². The third kappa shape index (κ3) is 3.09. The van der Waals surface area contributed by atoms with Crippen LogP contribution < -0.4 is 15.8 Å². The van der Waals surface area contributed by atoms with Crippen molar-refractivity contribution in [1.82, 2.24) is 20.2 Å². The Morgan fingerprint density at radius 1 is 1.44 bits per heavy atom. The largest absolute Gasteiger partial charge is 0.473 e. The maximum absolute atomic E-state index is 5.78. The van der Waals surface area contributed by atoms with Crippen molar-refractivity contribution in [2.45, 2.75) is 26.5 Å². The molecule has 0 amide bonds. The van der Waals surface area contributed by atoms with E-state index in [-0.39, 0.29) is 6.10 Å². The topological polar surface area (TPSA) is 102 Å². The van der Waals surface area contributed by atoms with Crippen LogP contribution in [0.4, 0.5) is 11.5 Å². The molecule has 2 aromatic rings. The summed E-state index contributed by atoms with van der Waals surface area (Å²) in [6.45, 7) is 4.36. The fourth-order valence-electron chi connectivity index (χ4n) is 1.36. The first-order valence-corrected chi connectivity index (χ1v) is 5.66. The molecule has 0 bridgehead atoms. The quantitative estimate of drug-likeness (QED) is 0.734. The molecule has 0 spiro atoms. The maximum Gasteiger partial charge on any atom is 0.239 e.